The minimum atomic E-state index is -0.419. The topological polar surface area (TPSA) is 61.8 Å². The van der Waals surface area contributed by atoms with E-state index in [2.05, 4.69) is 6.92 Å². The SMILES string of the molecule is CCCCC1C(=O)c2cc(OC(C)=O)ccc2OC1c1ccc(OC)cc1. The van der Waals surface area contributed by atoms with Gasteiger partial charge >= 0.3 is 5.97 Å². The summed E-state index contributed by atoms with van der Waals surface area (Å²) in [6, 6.07) is 12.6. The van der Waals surface area contributed by atoms with Crippen molar-refractivity contribution in [3.8, 4) is 17.2 Å². The van der Waals surface area contributed by atoms with Gasteiger partial charge in [0, 0.05) is 6.92 Å². The lowest BCUT2D eigenvalue weighted by Gasteiger charge is -2.33. The Kier molecular flexibility index (Phi) is 5.79. The van der Waals surface area contributed by atoms with E-state index in [0.29, 0.717) is 17.1 Å². The first-order valence-corrected chi connectivity index (χ1v) is 9.20. The first kappa shape index (κ1) is 19.0. The molecule has 1 aliphatic rings. The smallest absolute Gasteiger partial charge is 0.308 e. The Morgan fingerprint density at radius 2 is 1.81 bits per heavy atom. The zero-order valence-electron chi connectivity index (χ0n) is 15.9. The van der Waals surface area contributed by atoms with Crippen LogP contribution in [0.5, 0.6) is 17.2 Å². The van der Waals surface area contributed by atoms with Crippen molar-refractivity contribution in [1.29, 1.82) is 0 Å². The predicted octanol–water partition coefficient (Wildman–Crippen LogP) is 4.74. The van der Waals surface area contributed by atoms with Crippen molar-refractivity contribution in [2.75, 3.05) is 7.11 Å². The maximum Gasteiger partial charge on any atom is 0.308 e. The van der Waals surface area contributed by atoms with E-state index in [-0.39, 0.29) is 17.8 Å². The molecule has 2 aromatic rings. The van der Waals surface area contributed by atoms with Crippen molar-refractivity contribution in [2.45, 2.75) is 39.2 Å². The normalized spacial score (nSPS) is 18.4. The molecule has 0 saturated heterocycles. The molecule has 1 aliphatic heterocycles. The van der Waals surface area contributed by atoms with Crippen molar-refractivity contribution in [3.05, 3.63) is 53.6 Å². The summed E-state index contributed by atoms with van der Waals surface area (Å²) in [5.41, 5.74) is 1.42. The molecule has 5 nitrogen and oxygen atoms in total. The van der Waals surface area contributed by atoms with Crippen LogP contribution in [-0.4, -0.2) is 18.9 Å². The third-order valence-electron chi connectivity index (χ3n) is 4.75. The molecule has 0 saturated carbocycles. The van der Waals surface area contributed by atoms with Gasteiger partial charge in [0.05, 0.1) is 18.6 Å². The third kappa shape index (κ3) is 4.13. The maximum atomic E-state index is 13.2. The van der Waals surface area contributed by atoms with Crippen LogP contribution in [0.2, 0.25) is 0 Å². The summed E-state index contributed by atoms with van der Waals surface area (Å²) in [6.45, 7) is 3.44. The minimum Gasteiger partial charge on any atom is -0.497 e. The number of unbranched alkanes of at least 4 members (excludes halogenated alkanes) is 1. The zero-order valence-corrected chi connectivity index (χ0v) is 15.9. The van der Waals surface area contributed by atoms with Crippen molar-refractivity contribution in [3.63, 3.8) is 0 Å². The molecule has 27 heavy (non-hydrogen) atoms. The molecule has 3 rings (SSSR count). The molecule has 0 aromatic heterocycles. The van der Waals surface area contributed by atoms with Crippen molar-refractivity contribution >= 4 is 11.8 Å². The van der Waals surface area contributed by atoms with E-state index >= 15 is 0 Å². The molecule has 0 spiro atoms. The molecule has 0 fully saturated rings. The van der Waals surface area contributed by atoms with Crippen LogP contribution < -0.4 is 14.2 Å². The second-order valence-electron chi connectivity index (χ2n) is 6.68. The molecule has 0 N–H and O–H groups in total. The summed E-state index contributed by atoms with van der Waals surface area (Å²) >= 11 is 0. The number of carbonyl (C=O) groups is 2. The van der Waals surface area contributed by atoms with Gasteiger partial charge in [0.2, 0.25) is 0 Å². The van der Waals surface area contributed by atoms with Gasteiger partial charge in [0.25, 0.3) is 0 Å². The standard InChI is InChI=1S/C22H24O5/c1-4-5-6-18-21(24)19-13-17(26-14(2)23)11-12-20(19)27-22(18)15-7-9-16(25-3)10-8-15/h7-13,18,22H,4-6H2,1-3H3. The maximum absolute atomic E-state index is 13.2. The van der Waals surface area contributed by atoms with Gasteiger partial charge in [-0.2, -0.15) is 0 Å². The van der Waals surface area contributed by atoms with E-state index in [1.807, 2.05) is 24.3 Å². The van der Waals surface area contributed by atoms with Crippen LogP contribution in [0.4, 0.5) is 0 Å². The van der Waals surface area contributed by atoms with Crippen LogP contribution in [0.25, 0.3) is 0 Å². The number of ether oxygens (including phenoxy) is 3. The molecular formula is C22H24O5. The molecule has 2 aromatic carbocycles. The van der Waals surface area contributed by atoms with Crippen LogP contribution in [0.1, 0.15) is 55.1 Å². The Bertz CT molecular complexity index is 825. The van der Waals surface area contributed by atoms with E-state index in [4.69, 9.17) is 14.2 Å². The second kappa shape index (κ2) is 8.25. The van der Waals surface area contributed by atoms with Crippen LogP contribution in [-0.2, 0) is 4.79 Å². The van der Waals surface area contributed by atoms with Crippen LogP contribution in [0, 0.1) is 5.92 Å². The number of hydrogen-bond acceptors (Lipinski definition) is 5. The third-order valence-corrected chi connectivity index (χ3v) is 4.75. The highest BCUT2D eigenvalue weighted by Gasteiger charge is 2.38. The average Bonchev–Trinajstić information content (AvgIpc) is 2.67. The van der Waals surface area contributed by atoms with Crippen LogP contribution in [0.3, 0.4) is 0 Å². The summed E-state index contributed by atoms with van der Waals surface area (Å²) in [4.78, 5) is 24.4. The predicted molar refractivity (Wildman–Crippen MR) is 101 cm³/mol. The minimum absolute atomic E-state index is 0.0273. The fourth-order valence-corrected chi connectivity index (χ4v) is 3.39. The number of rotatable bonds is 6. The monoisotopic (exact) mass is 368 g/mol. The van der Waals surface area contributed by atoms with Gasteiger partial charge in [-0.25, -0.2) is 0 Å². The lowest BCUT2D eigenvalue weighted by atomic mass is 9.82. The van der Waals surface area contributed by atoms with Gasteiger partial charge in [-0.1, -0.05) is 31.9 Å². The fraction of sp³-hybridized carbons (Fsp3) is 0.364. The molecule has 0 bridgehead atoms. The summed E-state index contributed by atoms with van der Waals surface area (Å²) in [7, 11) is 1.62. The molecule has 1 heterocycles. The Morgan fingerprint density at radius 3 is 2.44 bits per heavy atom. The Balaban J connectivity index is 1.96. The number of carbonyl (C=O) groups excluding carboxylic acids is 2. The lowest BCUT2D eigenvalue weighted by molar-refractivity contribution is -0.131. The first-order valence-electron chi connectivity index (χ1n) is 9.20. The zero-order chi connectivity index (χ0) is 19.4. The van der Waals surface area contributed by atoms with Gasteiger partial charge < -0.3 is 14.2 Å². The quantitative estimate of drug-likeness (QED) is 0.544. The largest absolute Gasteiger partial charge is 0.497 e. The fourth-order valence-electron chi connectivity index (χ4n) is 3.39. The molecule has 0 radical (unpaired) electrons. The number of benzene rings is 2. The van der Waals surface area contributed by atoms with Gasteiger partial charge in [-0.05, 0) is 42.3 Å². The van der Waals surface area contributed by atoms with E-state index in [0.717, 1.165) is 30.6 Å². The molecule has 2 atom stereocenters. The summed E-state index contributed by atoms with van der Waals surface area (Å²) in [6.07, 6.45) is 2.33. The van der Waals surface area contributed by atoms with Gasteiger partial charge in [0.15, 0.2) is 5.78 Å². The first-order chi connectivity index (χ1) is 13.0. The van der Waals surface area contributed by atoms with Gasteiger partial charge in [-0.3, -0.25) is 9.59 Å². The summed E-state index contributed by atoms with van der Waals surface area (Å²) < 4.78 is 16.6. The molecule has 2 unspecified atom stereocenters. The van der Waals surface area contributed by atoms with Crippen molar-refractivity contribution in [1.82, 2.24) is 0 Å². The number of hydrogen-bond donors (Lipinski definition) is 0. The van der Waals surface area contributed by atoms with E-state index in [1.165, 1.54) is 6.92 Å². The molecule has 5 heteroatoms. The van der Waals surface area contributed by atoms with E-state index in [1.54, 1.807) is 25.3 Å². The highest BCUT2D eigenvalue weighted by atomic mass is 16.5. The lowest BCUT2D eigenvalue weighted by Crippen LogP contribution is -2.31. The Morgan fingerprint density at radius 1 is 1.11 bits per heavy atom. The van der Waals surface area contributed by atoms with Crippen molar-refractivity contribution in [2.24, 2.45) is 5.92 Å². The van der Waals surface area contributed by atoms with E-state index < -0.39 is 5.97 Å². The summed E-state index contributed by atoms with van der Waals surface area (Å²) in [5, 5.41) is 0. The highest BCUT2D eigenvalue weighted by molar-refractivity contribution is 6.02. The molecular weight excluding hydrogens is 344 g/mol. The second-order valence-corrected chi connectivity index (χ2v) is 6.68. The number of methoxy groups -OCH3 is 1. The Labute approximate surface area is 159 Å². The van der Waals surface area contributed by atoms with Crippen molar-refractivity contribution < 1.29 is 23.8 Å². The Hall–Kier alpha value is -2.82. The van der Waals surface area contributed by atoms with Gasteiger partial charge in [-0.15, -0.1) is 0 Å². The highest BCUT2D eigenvalue weighted by Crippen LogP contribution is 2.42. The number of ketones is 1. The summed E-state index contributed by atoms with van der Waals surface area (Å²) in [5.74, 6) is 0.966. The number of Topliss-reactive ketones (excluding diaryl/α,β-unsaturated/α-hetero) is 1. The molecule has 0 amide bonds. The number of fused-ring (bicyclic) bond motifs is 1. The number of esters is 1. The molecule has 142 valence electrons. The van der Waals surface area contributed by atoms with E-state index in [9.17, 15) is 9.59 Å². The molecule has 0 aliphatic carbocycles. The van der Waals surface area contributed by atoms with Crippen LogP contribution >= 0.6 is 0 Å². The van der Waals surface area contributed by atoms with Gasteiger partial charge in [0.1, 0.15) is 23.4 Å². The average molecular weight is 368 g/mol. The van der Waals surface area contributed by atoms with Crippen LogP contribution in [0.15, 0.2) is 42.5 Å².